The van der Waals surface area contributed by atoms with Gasteiger partial charge in [-0.2, -0.15) is 0 Å². The van der Waals surface area contributed by atoms with Gasteiger partial charge in [0.05, 0.1) is 13.7 Å². The van der Waals surface area contributed by atoms with Crippen LogP contribution in [0.4, 0.5) is 0 Å². The van der Waals surface area contributed by atoms with Gasteiger partial charge in [-0.3, -0.25) is 14.4 Å². The lowest BCUT2D eigenvalue weighted by Gasteiger charge is -2.40. The highest BCUT2D eigenvalue weighted by molar-refractivity contribution is 7.99. The van der Waals surface area contributed by atoms with Crippen LogP contribution in [0.3, 0.4) is 0 Å². The number of nitrogens with one attached hydrogen (secondary N) is 1. The third kappa shape index (κ3) is 7.25. The number of rotatable bonds is 8. The fraction of sp³-hybridized carbons (Fsp3) is 0.524. The monoisotopic (exact) mass is 453 g/mol. The first-order valence-corrected chi connectivity index (χ1v) is 10.8. The van der Waals surface area contributed by atoms with Crippen LogP contribution in [0.2, 0.25) is 0 Å². The summed E-state index contributed by atoms with van der Waals surface area (Å²) in [5, 5.41) is 2.65. The van der Waals surface area contributed by atoms with Crippen molar-refractivity contribution < 1.29 is 38.1 Å². The number of carbonyl (C=O) groups excluding carboxylic acids is 4. The van der Waals surface area contributed by atoms with Crippen molar-refractivity contribution in [3.05, 3.63) is 35.9 Å². The predicted molar refractivity (Wildman–Crippen MR) is 112 cm³/mol. The zero-order chi connectivity index (χ0) is 23.0. The maximum Gasteiger partial charge on any atom is 0.329 e. The minimum Gasteiger partial charge on any atom is -0.467 e. The van der Waals surface area contributed by atoms with E-state index in [1.807, 2.05) is 6.92 Å². The molecule has 9 nitrogen and oxygen atoms in total. The average molecular weight is 454 g/mol. The average Bonchev–Trinajstić information content (AvgIpc) is 2.74. The van der Waals surface area contributed by atoms with Gasteiger partial charge in [-0.1, -0.05) is 25.1 Å². The van der Waals surface area contributed by atoms with Gasteiger partial charge < -0.3 is 24.3 Å². The number of hydrogen-bond acceptors (Lipinski definition) is 9. The number of ether oxygens (including phenoxy) is 4. The van der Waals surface area contributed by atoms with Gasteiger partial charge in [0.15, 0.2) is 6.10 Å². The molecule has 1 amide bonds. The SMILES string of the molecule is COC(=O)[C@H](CS[C@@H]1OC[C@@H](C)[C@H](OC(C)=O)[C@H]1OC(C)=O)NC(=O)c1ccccc1. The lowest BCUT2D eigenvalue weighted by atomic mass is 9.98. The molecule has 10 heteroatoms. The first kappa shape index (κ1) is 24.7. The van der Waals surface area contributed by atoms with E-state index in [0.717, 1.165) is 11.8 Å². The molecule has 0 saturated carbocycles. The van der Waals surface area contributed by atoms with E-state index < -0.39 is 47.5 Å². The van der Waals surface area contributed by atoms with Crippen molar-refractivity contribution in [2.24, 2.45) is 5.92 Å². The summed E-state index contributed by atoms with van der Waals surface area (Å²) in [5.41, 5.74) is -0.304. The standard InChI is InChI=1S/C21H27NO8S/c1-12-10-28-21(18(30-14(3)24)17(12)29-13(2)23)31-11-16(20(26)27-4)22-19(25)15-8-6-5-7-9-15/h5-9,12,16-18,21H,10-11H2,1-4H3,(H,22,25)/t12-,16+,17+,18-,21+/m1/s1. The van der Waals surface area contributed by atoms with Gasteiger partial charge in [0.25, 0.3) is 5.91 Å². The Morgan fingerprint density at radius 3 is 2.29 bits per heavy atom. The van der Waals surface area contributed by atoms with Gasteiger partial charge in [0.1, 0.15) is 17.6 Å². The van der Waals surface area contributed by atoms with Crippen molar-refractivity contribution in [3.8, 4) is 0 Å². The van der Waals surface area contributed by atoms with Gasteiger partial charge >= 0.3 is 17.9 Å². The van der Waals surface area contributed by atoms with E-state index in [-0.39, 0.29) is 18.3 Å². The molecule has 1 aromatic rings. The van der Waals surface area contributed by atoms with Crippen LogP contribution in [0.15, 0.2) is 30.3 Å². The van der Waals surface area contributed by atoms with E-state index in [2.05, 4.69) is 5.32 Å². The molecular formula is C21H27NO8S. The summed E-state index contributed by atoms with van der Waals surface area (Å²) in [5.74, 6) is -2.20. The fourth-order valence-electron chi connectivity index (χ4n) is 3.08. The molecule has 1 aromatic carbocycles. The van der Waals surface area contributed by atoms with Crippen molar-refractivity contribution in [2.45, 2.75) is 44.5 Å². The maximum absolute atomic E-state index is 12.5. The Morgan fingerprint density at radius 2 is 1.71 bits per heavy atom. The van der Waals surface area contributed by atoms with Crippen LogP contribution in [0.1, 0.15) is 31.1 Å². The quantitative estimate of drug-likeness (QED) is 0.462. The second kappa shape index (κ2) is 11.7. The fourth-order valence-corrected chi connectivity index (χ4v) is 4.26. The number of thioether (sulfide) groups is 1. The molecule has 1 fully saturated rings. The highest BCUT2D eigenvalue weighted by Gasteiger charge is 2.44. The summed E-state index contributed by atoms with van der Waals surface area (Å²) in [4.78, 5) is 47.9. The zero-order valence-corrected chi connectivity index (χ0v) is 18.7. The summed E-state index contributed by atoms with van der Waals surface area (Å²) in [6, 6.07) is 7.50. The molecule has 2 rings (SSSR count). The lowest BCUT2D eigenvalue weighted by Crippen LogP contribution is -2.52. The Kier molecular flexibility index (Phi) is 9.32. The van der Waals surface area contributed by atoms with Crippen LogP contribution in [-0.2, 0) is 33.3 Å². The van der Waals surface area contributed by atoms with Gasteiger partial charge in [0, 0.05) is 31.1 Å². The largest absolute Gasteiger partial charge is 0.467 e. The van der Waals surface area contributed by atoms with Crippen molar-refractivity contribution in [2.75, 3.05) is 19.5 Å². The molecule has 5 atom stereocenters. The van der Waals surface area contributed by atoms with Gasteiger partial charge in [-0.15, -0.1) is 11.8 Å². The van der Waals surface area contributed by atoms with Crippen LogP contribution in [0.25, 0.3) is 0 Å². The van der Waals surface area contributed by atoms with Crippen LogP contribution < -0.4 is 5.32 Å². The molecule has 0 radical (unpaired) electrons. The molecule has 1 aliphatic rings. The normalized spacial score (nSPS) is 23.9. The molecule has 0 unspecified atom stereocenters. The third-order valence-electron chi connectivity index (χ3n) is 4.53. The van der Waals surface area contributed by atoms with Crippen molar-refractivity contribution in [1.82, 2.24) is 5.32 Å². The molecule has 1 aliphatic heterocycles. The molecule has 1 N–H and O–H groups in total. The number of benzene rings is 1. The number of methoxy groups -OCH3 is 1. The van der Waals surface area contributed by atoms with Crippen LogP contribution in [0.5, 0.6) is 0 Å². The van der Waals surface area contributed by atoms with E-state index >= 15 is 0 Å². The second-order valence-electron chi connectivity index (χ2n) is 7.08. The Bertz CT molecular complexity index is 787. The summed E-state index contributed by atoms with van der Waals surface area (Å²) in [6.07, 6.45) is -1.55. The Labute approximate surface area is 185 Å². The molecular weight excluding hydrogens is 426 g/mol. The van der Waals surface area contributed by atoms with Crippen LogP contribution in [-0.4, -0.2) is 67.0 Å². The van der Waals surface area contributed by atoms with E-state index in [4.69, 9.17) is 18.9 Å². The topological polar surface area (TPSA) is 117 Å². The molecule has 0 aliphatic carbocycles. The van der Waals surface area contributed by atoms with Gasteiger partial charge in [-0.25, -0.2) is 4.79 Å². The third-order valence-corrected chi connectivity index (χ3v) is 5.79. The Morgan fingerprint density at radius 1 is 1.10 bits per heavy atom. The maximum atomic E-state index is 12.5. The summed E-state index contributed by atoms with van der Waals surface area (Å²) in [6.45, 7) is 4.62. The van der Waals surface area contributed by atoms with Gasteiger partial charge in [-0.05, 0) is 12.1 Å². The molecule has 1 heterocycles. The molecule has 0 bridgehead atoms. The lowest BCUT2D eigenvalue weighted by molar-refractivity contribution is -0.192. The zero-order valence-electron chi connectivity index (χ0n) is 17.9. The van der Waals surface area contributed by atoms with E-state index in [1.165, 1.54) is 21.0 Å². The number of esters is 3. The highest BCUT2D eigenvalue weighted by Crippen LogP contribution is 2.32. The van der Waals surface area contributed by atoms with E-state index in [9.17, 15) is 19.2 Å². The molecule has 170 valence electrons. The number of hydrogen-bond donors (Lipinski definition) is 1. The minimum atomic E-state index is -0.962. The van der Waals surface area contributed by atoms with Gasteiger partial charge in [0.2, 0.25) is 0 Å². The molecule has 0 aromatic heterocycles. The summed E-state index contributed by atoms with van der Waals surface area (Å²) in [7, 11) is 1.23. The molecule has 0 spiro atoms. The number of carbonyl (C=O) groups is 4. The predicted octanol–water partition coefficient (Wildman–Crippen LogP) is 1.55. The highest BCUT2D eigenvalue weighted by atomic mass is 32.2. The Hall–Kier alpha value is -2.59. The first-order chi connectivity index (χ1) is 14.7. The van der Waals surface area contributed by atoms with Crippen molar-refractivity contribution in [1.29, 1.82) is 0 Å². The van der Waals surface area contributed by atoms with E-state index in [1.54, 1.807) is 30.3 Å². The van der Waals surface area contributed by atoms with Crippen LogP contribution >= 0.6 is 11.8 Å². The van der Waals surface area contributed by atoms with E-state index in [0.29, 0.717) is 5.56 Å². The summed E-state index contributed by atoms with van der Waals surface area (Å²) >= 11 is 1.16. The summed E-state index contributed by atoms with van der Waals surface area (Å²) < 4.78 is 21.4. The first-order valence-electron chi connectivity index (χ1n) is 9.74. The molecule has 1 saturated heterocycles. The Balaban J connectivity index is 2.11. The number of amides is 1. The second-order valence-corrected chi connectivity index (χ2v) is 8.21. The smallest absolute Gasteiger partial charge is 0.329 e. The van der Waals surface area contributed by atoms with Crippen molar-refractivity contribution in [3.63, 3.8) is 0 Å². The van der Waals surface area contributed by atoms with Crippen LogP contribution in [0, 0.1) is 5.92 Å². The minimum absolute atomic E-state index is 0.0921. The van der Waals surface area contributed by atoms with Crippen molar-refractivity contribution >= 4 is 35.6 Å². The molecule has 31 heavy (non-hydrogen) atoms.